The van der Waals surface area contributed by atoms with Crippen LogP contribution in [0, 0.1) is 0 Å². The van der Waals surface area contributed by atoms with Crippen LogP contribution in [0.4, 0.5) is 0 Å². The molecule has 1 aromatic heterocycles. The Balaban J connectivity index is 1.81. The number of benzene rings is 2. The lowest BCUT2D eigenvalue weighted by atomic mass is 10.1. The van der Waals surface area contributed by atoms with E-state index in [1.54, 1.807) is 13.3 Å². The van der Waals surface area contributed by atoms with Crippen LogP contribution in [-0.4, -0.2) is 18.0 Å². The summed E-state index contributed by atoms with van der Waals surface area (Å²) in [5.41, 5.74) is 1.47. The first kappa shape index (κ1) is 15.0. The highest BCUT2D eigenvalue weighted by molar-refractivity contribution is 5.99. The number of fused-ring (bicyclic) bond motifs is 1. The minimum atomic E-state index is -0.143. The molecule has 0 saturated heterocycles. The predicted molar refractivity (Wildman–Crippen MR) is 90.6 cm³/mol. The zero-order chi connectivity index (χ0) is 16.2. The molecule has 0 saturated carbocycles. The normalized spacial score (nSPS) is 11.9. The molecule has 1 heterocycles. The molecule has 1 amide bonds. The van der Waals surface area contributed by atoms with Crippen molar-refractivity contribution in [1.29, 1.82) is 0 Å². The van der Waals surface area contributed by atoms with Crippen LogP contribution in [0.15, 0.2) is 60.8 Å². The predicted octanol–water partition coefficient (Wildman–Crippen LogP) is 3.73. The fraction of sp³-hybridized carbons (Fsp3) is 0.158. The molecule has 116 valence electrons. The molecule has 0 aliphatic carbocycles. The summed E-state index contributed by atoms with van der Waals surface area (Å²) in [5.74, 6) is 0.694. The van der Waals surface area contributed by atoms with E-state index in [4.69, 9.17) is 4.74 Å². The summed E-state index contributed by atoms with van der Waals surface area (Å²) in [6.45, 7) is 1.92. The molecule has 23 heavy (non-hydrogen) atoms. The number of amides is 1. The monoisotopic (exact) mass is 306 g/mol. The van der Waals surface area contributed by atoms with Crippen LogP contribution < -0.4 is 10.1 Å². The average Bonchev–Trinajstić information content (AvgIpc) is 2.61. The molecule has 4 heteroatoms. The van der Waals surface area contributed by atoms with Crippen LogP contribution >= 0.6 is 0 Å². The summed E-state index contributed by atoms with van der Waals surface area (Å²) >= 11 is 0. The lowest BCUT2D eigenvalue weighted by Crippen LogP contribution is -2.27. The van der Waals surface area contributed by atoms with Gasteiger partial charge in [0.15, 0.2) is 0 Å². The zero-order valence-electron chi connectivity index (χ0n) is 13.1. The smallest absolute Gasteiger partial charge is 0.251 e. The third kappa shape index (κ3) is 3.31. The quantitative estimate of drug-likeness (QED) is 0.799. The molecule has 1 N–H and O–H groups in total. The minimum Gasteiger partial charge on any atom is -0.497 e. The van der Waals surface area contributed by atoms with Gasteiger partial charge >= 0.3 is 0 Å². The van der Waals surface area contributed by atoms with Gasteiger partial charge in [-0.25, -0.2) is 0 Å². The van der Waals surface area contributed by atoms with Gasteiger partial charge in [0.2, 0.25) is 0 Å². The van der Waals surface area contributed by atoms with Crippen LogP contribution in [0.2, 0.25) is 0 Å². The Morgan fingerprint density at radius 3 is 2.61 bits per heavy atom. The summed E-state index contributed by atoms with van der Waals surface area (Å²) in [7, 11) is 1.64. The lowest BCUT2D eigenvalue weighted by Gasteiger charge is -2.13. The molecular formula is C19H18N2O2. The number of ether oxygens (including phenoxy) is 1. The second kappa shape index (κ2) is 6.48. The molecular weight excluding hydrogens is 288 g/mol. The van der Waals surface area contributed by atoms with Crippen molar-refractivity contribution in [3.05, 3.63) is 72.1 Å². The molecule has 3 aromatic rings. The Hall–Kier alpha value is -2.88. The van der Waals surface area contributed by atoms with E-state index in [0.29, 0.717) is 5.56 Å². The number of nitrogens with one attached hydrogen (secondary N) is 1. The standard InChI is InChI=1S/C19H18N2O2/c1-13(18-5-3-4-10-20-18)21-19(22)16-7-6-15-12-17(23-2)9-8-14(15)11-16/h3-13H,1-2H3,(H,21,22)/t13-/m1/s1. The molecule has 3 rings (SSSR count). The van der Waals surface area contributed by atoms with Gasteiger partial charge in [-0.05, 0) is 54.1 Å². The molecule has 1 atom stereocenters. The number of aromatic nitrogens is 1. The highest BCUT2D eigenvalue weighted by Gasteiger charge is 2.12. The largest absolute Gasteiger partial charge is 0.497 e. The van der Waals surface area contributed by atoms with Crippen LogP contribution in [0.1, 0.15) is 29.0 Å². The van der Waals surface area contributed by atoms with Gasteiger partial charge in [-0.2, -0.15) is 0 Å². The Labute approximate surface area is 135 Å². The fourth-order valence-electron chi connectivity index (χ4n) is 2.48. The molecule has 0 radical (unpaired) electrons. The van der Waals surface area contributed by atoms with Gasteiger partial charge in [-0.15, -0.1) is 0 Å². The summed E-state index contributed by atoms with van der Waals surface area (Å²) < 4.78 is 5.22. The van der Waals surface area contributed by atoms with Crippen molar-refractivity contribution >= 4 is 16.7 Å². The molecule has 0 aliphatic heterocycles. The maximum Gasteiger partial charge on any atom is 0.251 e. The maximum atomic E-state index is 12.4. The molecule has 0 spiro atoms. The first-order chi connectivity index (χ1) is 11.2. The lowest BCUT2D eigenvalue weighted by molar-refractivity contribution is 0.0939. The van der Waals surface area contributed by atoms with E-state index in [2.05, 4.69) is 10.3 Å². The van der Waals surface area contributed by atoms with E-state index < -0.39 is 0 Å². The fourth-order valence-corrected chi connectivity index (χ4v) is 2.48. The van der Waals surface area contributed by atoms with Crippen LogP contribution in [0.25, 0.3) is 10.8 Å². The molecule has 2 aromatic carbocycles. The number of pyridine rings is 1. The zero-order valence-corrected chi connectivity index (χ0v) is 13.1. The summed E-state index contributed by atoms with van der Waals surface area (Å²) in [6, 6.07) is 17.0. The Morgan fingerprint density at radius 2 is 1.87 bits per heavy atom. The van der Waals surface area contributed by atoms with E-state index >= 15 is 0 Å². The van der Waals surface area contributed by atoms with Crippen LogP contribution in [-0.2, 0) is 0 Å². The molecule has 0 aliphatic rings. The second-order valence-electron chi connectivity index (χ2n) is 5.38. The number of nitrogens with zero attached hydrogens (tertiary/aromatic N) is 1. The summed E-state index contributed by atoms with van der Waals surface area (Å²) in [5, 5.41) is 5.02. The number of carbonyl (C=O) groups is 1. The number of hydrogen-bond acceptors (Lipinski definition) is 3. The third-order valence-corrected chi connectivity index (χ3v) is 3.79. The number of hydrogen-bond donors (Lipinski definition) is 1. The number of carbonyl (C=O) groups excluding carboxylic acids is 1. The highest BCUT2D eigenvalue weighted by atomic mass is 16.5. The van der Waals surface area contributed by atoms with E-state index in [1.807, 2.05) is 61.5 Å². The highest BCUT2D eigenvalue weighted by Crippen LogP contribution is 2.22. The van der Waals surface area contributed by atoms with Crippen molar-refractivity contribution in [3.63, 3.8) is 0 Å². The van der Waals surface area contributed by atoms with Gasteiger partial charge in [0.05, 0.1) is 18.8 Å². The topological polar surface area (TPSA) is 51.2 Å². The molecule has 0 fully saturated rings. The van der Waals surface area contributed by atoms with Gasteiger partial charge in [-0.1, -0.05) is 18.2 Å². The van der Waals surface area contributed by atoms with Crippen molar-refractivity contribution in [2.24, 2.45) is 0 Å². The van der Waals surface area contributed by atoms with Gasteiger partial charge in [0, 0.05) is 11.8 Å². The van der Waals surface area contributed by atoms with Gasteiger partial charge in [-0.3, -0.25) is 9.78 Å². The molecule has 0 unspecified atom stereocenters. The second-order valence-corrected chi connectivity index (χ2v) is 5.38. The number of methoxy groups -OCH3 is 1. The Morgan fingerprint density at radius 1 is 1.09 bits per heavy atom. The van der Waals surface area contributed by atoms with E-state index in [9.17, 15) is 4.79 Å². The van der Waals surface area contributed by atoms with Gasteiger partial charge < -0.3 is 10.1 Å². The Bertz CT molecular complexity index is 831. The average molecular weight is 306 g/mol. The van der Waals surface area contributed by atoms with Crippen molar-refractivity contribution in [2.75, 3.05) is 7.11 Å². The first-order valence-corrected chi connectivity index (χ1v) is 7.47. The third-order valence-electron chi connectivity index (χ3n) is 3.79. The molecule has 0 bridgehead atoms. The SMILES string of the molecule is COc1ccc2cc(C(=O)N[C@H](C)c3ccccn3)ccc2c1. The summed E-state index contributed by atoms with van der Waals surface area (Å²) in [6.07, 6.45) is 1.72. The van der Waals surface area contributed by atoms with Crippen molar-refractivity contribution in [1.82, 2.24) is 10.3 Å². The maximum absolute atomic E-state index is 12.4. The Kier molecular flexibility index (Phi) is 4.24. The van der Waals surface area contributed by atoms with Crippen molar-refractivity contribution in [3.8, 4) is 5.75 Å². The molecule has 4 nitrogen and oxygen atoms in total. The van der Waals surface area contributed by atoms with Crippen LogP contribution in [0.5, 0.6) is 5.75 Å². The number of rotatable bonds is 4. The van der Waals surface area contributed by atoms with Crippen molar-refractivity contribution < 1.29 is 9.53 Å². The van der Waals surface area contributed by atoms with Gasteiger partial charge in [0.1, 0.15) is 5.75 Å². The van der Waals surface area contributed by atoms with Gasteiger partial charge in [0.25, 0.3) is 5.91 Å². The van der Waals surface area contributed by atoms with E-state index in [0.717, 1.165) is 22.2 Å². The van der Waals surface area contributed by atoms with E-state index in [1.165, 1.54) is 0 Å². The van der Waals surface area contributed by atoms with Crippen LogP contribution in [0.3, 0.4) is 0 Å². The van der Waals surface area contributed by atoms with E-state index in [-0.39, 0.29) is 11.9 Å². The summed E-state index contributed by atoms with van der Waals surface area (Å²) in [4.78, 5) is 16.7. The first-order valence-electron chi connectivity index (χ1n) is 7.47. The minimum absolute atomic E-state index is 0.110. The van der Waals surface area contributed by atoms with Crippen molar-refractivity contribution in [2.45, 2.75) is 13.0 Å².